The molecule has 1 aromatic carbocycles. The van der Waals surface area contributed by atoms with Gasteiger partial charge in [0, 0.05) is 36.7 Å². The molecule has 0 radical (unpaired) electrons. The SMILES string of the molecule is CCNC(=NCC1(c2cccc(Br)c2)CC1)NCCCCOCCOC. The third-order valence-electron chi connectivity index (χ3n) is 4.61. The molecule has 1 aliphatic carbocycles. The quantitative estimate of drug-likeness (QED) is 0.305. The third kappa shape index (κ3) is 7.25. The van der Waals surface area contributed by atoms with Crippen LogP contribution in [0, 0.1) is 0 Å². The molecule has 0 saturated heterocycles. The first kappa shape index (κ1) is 21.2. The zero-order valence-electron chi connectivity index (χ0n) is 16.0. The summed E-state index contributed by atoms with van der Waals surface area (Å²) in [6, 6.07) is 8.64. The van der Waals surface area contributed by atoms with E-state index in [9.17, 15) is 0 Å². The van der Waals surface area contributed by atoms with E-state index in [1.165, 1.54) is 18.4 Å². The van der Waals surface area contributed by atoms with Crippen LogP contribution >= 0.6 is 15.9 Å². The first-order valence-corrected chi connectivity index (χ1v) is 10.3. The molecule has 0 amide bonds. The molecule has 5 nitrogen and oxygen atoms in total. The summed E-state index contributed by atoms with van der Waals surface area (Å²) < 4.78 is 11.6. The largest absolute Gasteiger partial charge is 0.382 e. The van der Waals surface area contributed by atoms with Gasteiger partial charge in [0.25, 0.3) is 0 Å². The van der Waals surface area contributed by atoms with Crippen molar-refractivity contribution in [1.29, 1.82) is 0 Å². The zero-order valence-corrected chi connectivity index (χ0v) is 17.6. The number of ether oxygens (including phenoxy) is 2. The number of nitrogens with zero attached hydrogens (tertiary/aromatic N) is 1. The molecule has 0 unspecified atom stereocenters. The van der Waals surface area contributed by atoms with Crippen LogP contribution in [0.4, 0.5) is 0 Å². The Morgan fingerprint density at radius 2 is 2.04 bits per heavy atom. The summed E-state index contributed by atoms with van der Waals surface area (Å²) in [7, 11) is 1.69. The summed E-state index contributed by atoms with van der Waals surface area (Å²) in [5, 5.41) is 6.78. The first-order chi connectivity index (χ1) is 12.7. The average molecular weight is 426 g/mol. The third-order valence-corrected chi connectivity index (χ3v) is 5.11. The minimum absolute atomic E-state index is 0.224. The van der Waals surface area contributed by atoms with Crippen LogP contribution in [0.1, 0.15) is 38.2 Å². The molecule has 0 bridgehead atoms. The fraction of sp³-hybridized carbons (Fsp3) is 0.650. The normalized spacial score (nSPS) is 15.7. The Labute approximate surface area is 166 Å². The molecule has 0 aromatic heterocycles. The maximum atomic E-state index is 5.49. The second-order valence-corrected chi connectivity index (χ2v) is 7.64. The smallest absolute Gasteiger partial charge is 0.191 e. The minimum Gasteiger partial charge on any atom is -0.382 e. The van der Waals surface area contributed by atoms with Crippen LogP contribution in [0.3, 0.4) is 0 Å². The number of aliphatic imine (C=N–C) groups is 1. The lowest BCUT2D eigenvalue weighted by Gasteiger charge is -2.16. The van der Waals surface area contributed by atoms with E-state index in [0.717, 1.165) is 49.5 Å². The van der Waals surface area contributed by atoms with E-state index < -0.39 is 0 Å². The molecule has 0 atom stereocenters. The fourth-order valence-electron chi connectivity index (χ4n) is 2.86. The fourth-order valence-corrected chi connectivity index (χ4v) is 3.26. The Bertz CT molecular complexity index is 562. The molecule has 146 valence electrons. The van der Waals surface area contributed by atoms with Gasteiger partial charge in [-0.1, -0.05) is 28.1 Å². The maximum Gasteiger partial charge on any atom is 0.191 e. The van der Waals surface area contributed by atoms with E-state index >= 15 is 0 Å². The minimum atomic E-state index is 0.224. The molecule has 0 aliphatic heterocycles. The van der Waals surface area contributed by atoms with E-state index in [2.05, 4.69) is 57.8 Å². The average Bonchev–Trinajstić information content (AvgIpc) is 3.43. The van der Waals surface area contributed by atoms with Gasteiger partial charge in [0.1, 0.15) is 0 Å². The van der Waals surface area contributed by atoms with Crippen molar-refractivity contribution < 1.29 is 9.47 Å². The Morgan fingerprint density at radius 1 is 1.19 bits per heavy atom. The van der Waals surface area contributed by atoms with E-state index in [0.29, 0.717) is 13.2 Å². The van der Waals surface area contributed by atoms with Crippen LogP contribution in [0.15, 0.2) is 33.7 Å². The van der Waals surface area contributed by atoms with Crippen LogP contribution in [0.25, 0.3) is 0 Å². The molecule has 1 fully saturated rings. The highest BCUT2D eigenvalue weighted by atomic mass is 79.9. The van der Waals surface area contributed by atoms with Crippen LogP contribution in [0.2, 0.25) is 0 Å². The number of guanidine groups is 1. The van der Waals surface area contributed by atoms with Crippen molar-refractivity contribution in [2.24, 2.45) is 4.99 Å². The molecule has 6 heteroatoms. The number of hydrogen-bond acceptors (Lipinski definition) is 3. The van der Waals surface area contributed by atoms with Crippen molar-refractivity contribution in [2.75, 3.05) is 46.6 Å². The standard InChI is InChI=1S/C20H32BrN3O2/c1-3-22-19(23-11-4-5-12-26-14-13-25-2)24-16-20(9-10-20)17-7-6-8-18(21)15-17/h6-8,15H,3-5,9-14,16H2,1-2H3,(H2,22,23,24). The van der Waals surface area contributed by atoms with Gasteiger partial charge in [0.15, 0.2) is 5.96 Å². The van der Waals surface area contributed by atoms with Gasteiger partial charge < -0.3 is 20.1 Å². The number of methoxy groups -OCH3 is 1. The summed E-state index contributed by atoms with van der Waals surface area (Å²) >= 11 is 3.58. The lowest BCUT2D eigenvalue weighted by molar-refractivity contribution is 0.0689. The molecule has 0 spiro atoms. The molecule has 26 heavy (non-hydrogen) atoms. The van der Waals surface area contributed by atoms with E-state index in [-0.39, 0.29) is 5.41 Å². The first-order valence-electron chi connectivity index (χ1n) is 9.55. The van der Waals surface area contributed by atoms with Gasteiger partial charge in [-0.15, -0.1) is 0 Å². The van der Waals surface area contributed by atoms with Gasteiger partial charge in [-0.2, -0.15) is 0 Å². The summed E-state index contributed by atoms with van der Waals surface area (Å²) in [4.78, 5) is 4.84. The molecule has 1 aliphatic rings. The van der Waals surface area contributed by atoms with Crippen molar-refractivity contribution in [2.45, 2.75) is 38.0 Å². The Kier molecular flexibility index (Phi) is 9.43. The number of benzene rings is 1. The van der Waals surface area contributed by atoms with Crippen molar-refractivity contribution in [3.8, 4) is 0 Å². The summed E-state index contributed by atoms with van der Waals surface area (Å²) in [5.41, 5.74) is 1.61. The van der Waals surface area contributed by atoms with Crippen LogP contribution in [-0.4, -0.2) is 52.5 Å². The monoisotopic (exact) mass is 425 g/mol. The number of rotatable bonds is 12. The van der Waals surface area contributed by atoms with Crippen molar-refractivity contribution in [3.05, 3.63) is 34.3 Å². The number of unbranched alkanes of at least 4 members (excludes halogenated alkanes) is 1. The highest BCUT2D eigenvalue weighted by Crippen LogP contribution is 2.48. The highest BCUT2D eigenvalue weighted by Gasteiger charge is 2.44. The maximum absolute atomic E-state index is 5.49. The van der Waals surface area contributed by atoms with Crippen molar-refractivity contribution in [1.82, 2.24) is 10.6 Å². The summed E-state index contributed by atoms with van der Waals surface area (Å²) in [6.45, 7) is 6.83. The topological polar surface area (TPSA) is 54.9 Å². The van der Waals surface area contributed by atoms with Gasteiger partial charge in [-0.05, 0) is 50.3 Å². The second-order valence-electron chi connectivity index (χ2n) is 6.72. The lowest BCUT2D eigenvalue weighted by atomic mass is 9.96. The number of nitrogens with one attached hydrogen (secondary N) is 2. The number of hydrogen-bond donors (Lipinski definition) is 2. The van der Waals surface area contributed by atoms with Crippen LogP contribution in [0.5, 0.6) is 0 Å². The van der Waals surface area contributed by atoms with Crippen molar-refractivity contribution >= 4 is 21.9 Å². The van der Waals surface area contributed by atoms with Gasteiger partial charge in [0.05, 0.1) is 19.8 Å². The molecular weight excluding hydrogens is 394 g/mol. The summed E-state index contributed by atoms with van der Waals surface area (Å²) in [6.07, 6.45) is 4.53. The molecule has 2 N–H and O–H groups in total. The van der Waals surface area contributed by atoms with Gasteiger partial charge >= 0.3 is 0 Å². The Hall–Kier alpha value is -1.11. The highest BCUT2D eigenvalue weighted by molar-refractivity contribution is 9.10. The molecule has 0 heterocycles. The van der Waals surface area contributed by atoms with Gasteiger partial charge in [-0.25, -0.2) is 0 Å². The second kappa shape index (κ2) is 11.6. The molecular formula is C20H32BrN3O2. The Balaban J connectivity index is 1.74. The Morgan fingerprint density at radius 3 is 2.73 bits per heavy atom. The molecule has 1 aromatic rings. The lowest BCUT2D eigenvalue weighted by Crippen LogP contribution is -2.38. The molecule has 1 saturated carbocycles. The predicted molar refractivity (Wildman–Crippen MR) is 111 cm³/mol. The van der Waals surface area contributed by atoms with E-state index in [1.54, 1.807) is 7.11 Å². The van der Waals surface area contributed by atoms with Crippen LogP contribution < -0.4 is 10.6 Å². The number of halogens is 1. The van der Waals surface area contributed by atoms with E-state index in [4.69, 9.17) is 14.5 Å². The summed E-state index contributed by atoms with van der Waals surface area (Å²) in [5.74, 6) is 0.911. The van der Waals surface area contributed by atoms with Gasteiger partial charge in [-0.3, -0.25) is 4.99 Å². The van der Waals surface area contributed by atoms with Gasteiger partial charge in [0.2, 0.25) is 0 Å². The van der Waals surface area contributed by atoms with Crippen LogP contribution in [-0.2, 0) is 14.9 Å². The molecule has 2 rings (SSSR count). The zero-order chi connectivity index (χ0) is 18.7. The van der Waals surface area contributed by atoms with Crippen molar-refractivity contribution in [3.63, 3.8) is 0 Å². The van der Waals surface area contributed by atoms with E-state index in [1.807, 2.05) is 0 Å². The predicted octanol–water partition coefficient (Wildman–Crippen LogP) is 3.48.